The van der Waals surface area contributed by atoms with E-state index >= 15 is 0 Å². The van der Waals surface area contributed by atoms with Gasteiger partial charge in [-0.2, -0.15) is 5.10 Å². The van der Waals surface area contributed by atoms with Crippen molar-refractivity contribution >= 4 is 5.82 Å². The van der Waals surface area contributed by atoms with Crippen LogP contribution in [-0.2, 0) is 7.05 Å². The van der Waals surface area contributed by atoms with E-state index < -0.39 is 0 Å². The van der Waals surface area contributed by atoms with Gasteiger partial charge in [-0.3, -0.25) is 4.68 Å². The summed E-state index contributed by atoms with van der Waals surface area (Å²) in [4.78, 5) is 8.46. The maximum atomic E-state index is 5.51. The Balaban J connectivity index is 2.26. The number of hydrogen-bond donors (Lipinski definition) is 1. The minimum atomic E-state index is -0.0470. The molecule has 0 spiro atoms. The normalized spacial score (nSPS) is 12.2. The van der Waals surface area contributed by atoms with Crippen LogP contribution in [0.25, 0.3) is 11.4 Å². The van der Waals surface area contributed by atoms with Gasteiger partial charge in [0.25, 0.3) is 0 Å². The predicted molar refractivity (Wildman–Crippen MR) is 75.3 cm³/mol. The van der Waals surface area contributed by atoms with Gasteiger partial charge < -0.3 is 5.32 Å². The van der Waals surface area contributed by atoms with Crippen molar-refractivity contribution in [2.45, 2.75) is 19.9 Å². The zero-order valence-electron chi connectivity index (χ0n) is 11.3. The van der Waals surface area contributed by atoms with Crippen LogP contribution in [0.4, 0.5) is 5.82 Å². The lowest BCUT2D eigenvalue weighted by molar-refractivity contribution is 0.612. The number of anilines is 1. The van der Waals surface area contributed by atoms with E-state index in [0.29, 0.717) is 5.92 Å². The molecule has 2 aromatic rings. The molecule has 1 N–H and O–H groups in total. The Kier molecular flexibility index (Phi) is 3.81. The highest BCUT2D eigenvalue weighted by Gasteiger charge is 2.11. The Labute approximate surface area is 113 Å². The minimum Gasteiger partial charge on any atom is -0.356 e. The molecule has 5 heteroatoms. The molecule has 0 aliphatic carbocycles. The van der Waals surface area contributed by atoms with Crippen molar-refractivity contribution in [3.8, 4) is 23.7 Å². The number of rotatable bonds is 4. The van der Waals surface area contributed by atoms with Crippen LogP contribution in [0.15, 0.2) is 24.7 Å². The third-order valence-electron chi connectivity index (χ3n) is 2.90. The first-order chi connectivity index (χ1) is 9.11. The van der Waals surface area contributed by atoms with Gasteiger partial charge in [0, 0.05) is 19.3 Å². The number of nitrogens with one attached hydrogen (secondary N) is 1. The smallest absolute Gasteiger partial charge is 0.130 e. The van der Waals surface area contributed by atoms with E-state index in [4.69, 9.17) is 6.42 Å². The first-order valence-electron chi connectivity index (χ1n) is 6.15. The van der Waals surface area contributed by atoms with Crippen LogP contribution in [-0.4, -0.2) is 25.8 Å². The summed E-state index contributed by atoms with van der Waals surface area (Å²) in [6.45, 7) is 4.14. The van der Waals surface area contributed by atoms with Crippen molar-refractivity contribution in [3.05, 3.63) is 24.7 Å². The highest BCUT2D eigenvalue weighted by atomic mass is 15.3. The molecule has 1 atom stereocenters. The Bertz CT molecular complexity index is 594. The summed E-state index contributed by atoms with van der Waals surface area (Å²) in [6, 6.07) is 3.74. The molecule has 0 unspecified atom stereocenters. The highest BCUT2D eigenvalue weighted by molar-refractivity contribution is 5.58. The van der Waals surface area contributed by atoms with Gasteiger partial charge in [-0.25, -0.2) is 9.97 Å². The fourth-order valence-corrected chi connectivity index (χ4v) is 1.76. The van der Waals surface area contributed by atoms with Gasteiger partial charge in [0.2, 0.25) is 0 Å². The zero-order valence-corrected chi connectivity index (χ0v) is 11.3. The van der Waals surface area contributed by atoms with Crippen molar-refractivity contribution in [2.75, 3.05) is 5.32 Å². The monoisotopic (exact) mass is 255 g/mol. The summed E-state index contributed by atoms with van der Waals surface area (Å²) in [6.07, 6.45) is 8.77. The molecule has 0 bridgehead atoms. The average Bonchev–Trinajstić information content (AvgIpc) is 2.82. The molecule has 2 heterocycles. The number of aromatic nitrogens is 4. The number of terminal acetylenes is 1. The molecule has 2 aromatic heterocycles. The standard InChI is InChI=1S/C14H17N5/c1-5-11(10(2)3)18-14-8-12(15-9-16-14)13-6-7-17-19(13)4/h1,6-11H,2-4H3,(H,15,16,18)/t11-/m1/s1. The third-order valence-corrected chi connectivity index (χ3v) is 2.90. The van der Waals surface area contributed by atoms with Gasteiger partial charge >= 0.3 is 0 Å². The Morgan fingerprint density at radius 3 is 2.74 bits per heavy atom. The van der Waals surface area contributed by atoms with E-state index in [2.05, 4.69) is 40.2 Å². The first kappa shape index (κ1) is 13.1. The second-order valence-electron chi connectivity index (χ2n) is 4.66. The van der Waals surface area contributed by atoms with Gasteiger partial charge in [0.1, 0.15) is 12.1 Å². The topological polar surface area (TPSA) is 55.6 Å². The van der Waals surface area contributed by atoms with Gasteiger partial charge in [-0.15, -0.1) is 6.42 Å². The van der Waals surface area contributed by atoms with Crippen LogP contribution >= 0.6 is 0 Å². The van der Waals surface area contributed by atoms with Crippen LogP contribution in [0, 0.1) is 18.3 Å². The van der Waals surface area contributed by atoms with Gasteiger partial charge in [-0.1, -0.05) is 19.8 Å². The molecular weight excluding hydrogens is 238 g/mol. The van der Waals surface area contributed by atoms with Crippen molar-refractivity contribution in [1.29, 1.82) is 0 Å². The van der Waals surface area contributed by atoms with Crippen LogP contribution < -0.4 is 5.32 Å². The predicted octanol–water partition coefficient (Wildman–Crippen LogP) is 1.95. The van der Waals surface area contributed by atoms with Crippen LogP contribution in [0.2, 0.25) is 0 Å². The highest BCUT2D eigenvalue weighted by Crippen LogP contribution is 2.18. The van der Waals surface area contributed by atoms with Crippen molar-refractivity contribution in [2.24, 2.45) is 13.0 Å². The lowest BCUT2D eigenvalue weighted by Crippen LogP contribution is -2.24. The maximum Gasteiger partial charge on any atom is 0.130 e. The summed E-state index contributed by atoms with van der Waals surface area (Å²) in [5.74, 6) is 3.78. The number of nitrogens with zero attached hydrogens (tertiary/aromatic N) is 4. The van der Waals surface area contributed by atoms with Crippen molar-refractivity contribution in [3.63, 3.8) is 0 Å². The molecule has 0 aromatic carbocycles. The van der Waals surface area contributed by atoms with Crippen LogP contribution in [0.3, 0.4) is 0 Å². The van der Waals surface area contributed by atoms with E-state index in [0.717, 1.165) is 17.2 Å². The average molecular weight is 255 g/mol. The maximum absolute atomic E-state index is 5.51. The van der Waals surface area contributed by atoms with Crippen molar-refractivity contribution < 1.29 is 0 Å². The fraction of sp³-hybridized carbons (Fsp3) is 0.357. The lowest BCUT2D eigenvalue weighted by Gasteiger charge is -2.17. The molecular formula is C14H17N5. The van der Waals surface area contributed by atoms with E-state index in [1.807, 2.05) is 19.2 Å². The molecule has 0 amide bonds. The summed E-state index contributed by atoms with van der Waals surface area (Å²) < 4.78 is 1.77. The zero-order chi connectivity index (χ0) is 13.8. The molecule has 5 nitrogen and oxygen atoms in total. The van der Waals surface area contributed by atoms with Crippen molar-refractivity contribution in [1.82, 2.24) is 19.7 Å². The molecule has 2 rings (SSSR count). The largest absolute Gasteiger partial charge is 0.356 e. The molecule has 0 aliphatic rings. The Hall–Kier alpha value is -2.35. The summed E-state index contributed by atoms with van der Waals surface area (Å²) in [5.41, 5.74) is 1.75. The molecule has 0 saturated heterocycles. The van der Waals surface area contributed by atoms with Crippen LogP contribution in [0.5, 0.6) is 0 Å². The summed E-state index contributed by atoms with van der Waals surface area (Å²) in [7, 11) is 1.88. The Morgan fingerprint density at radius 1 is 1.37 bits per heavy atom. The first-order valence-corrected chi connectivity index (χ1v) is 6.15. The molecule has 0 aliphatic heterocycles. The second kappa shape index (κ2) is 5.53. The molecule has 0 radical (unpaired) electrons. The van der Waals surface area contributed by atoms with Crippen LogP contribution in [0.1, 0.15) is 13.8 Å². The summed E-state index contributed by atoms with van der Waals surface area (Å²) in [5, 5.41) is 7.36. The molecule has 0 fully saturated rings. The quantitative estimate of drug-likeness (QED) is 0.848. The van der Waals surface area contributed by atoms with E-state index in [1.165, 1.54) is 6.33 Å². The van der Waals surface area contributed by atoms with Gasteiger partial charge in [-0.05, 0) is 12.0 Å². The molecule has 19 heavy (non-hydrogen) atoms. The van der Waals surface area contributed by atoms with E-state index in [9.17, 15) is 0 Å². The number of aryl methyl sites for hydroxylation is 1. The van der Waals surface area contributed by atoms with Gasteiger partial charge in [0.05, 0.1) is 17.4 Å². The SMILES string of the molecule is C#C[C@@H](Nc1cc(-c2ccnn2C)ncn1)C(C)C. The second-order valence-corrected chi connectivity index (χ2v) is 4.66. The third kappa shape index (κ3) is 2.91. The lowest BCUT2D eigenvalue weighted by atomic mass is 10.1. The minimum absolute atomic E-state index is 0.0470. The Morgan fingerprint density at radius 2 is 2.16 bits per heavy atom. The fourth-order valence-electron chi connectivity index (χ4n) is 1.76. The van der Waals surface area contributed by atoms with Gasteiger partial charge in [0.15, 0.2) is 0 Å². The van der Waals surface area contributed by atoms with E-state index in [-0.39, 0.29) is 6.04 Å². The number of hydrogen-bond acceptors (Lipinski definition) is 4. The molecule has 98 valence electrons. The van der Waals surface area contributed by atoms with E-state index in [1.54, 1.807) is 10.9 Å². The molecule has 0 saturated carbocycles. The summed E-state index contributed by atoms with van der Waals surface area (Å²) >= 11 is 0.